The molecule has 0 unspecified atom stereocenters. The molecule has 1 aromatic rings. The van der Waals surface area contributed by atoms with Crippen LogP contribution in [0.15, 0.2) is 18.2 Å². The zero-order chi connectivity index (χ0) is 12.8. The highest BCUT2D eigenvalue weighted by Gasteiger charge is 2.16. The van der Waals surface area contributed by atoms with Crippen molar-refractivity contribution >= 4 is 11.6 Å². The fourth-order valence-electron chi connectivity index (χ4n) is 1.21. The number of ether oxygens (including phenoxy) is 1. The van der Waals surface area contributed by atoms with Gasteiger partial charge in [-0.25, -0.2) is 0 Å². The Balaban J connectivity index is 3.05. The highest BCUT2D eigenvalue weighted by Crippen LogP contribution is 2.24. The number of amides is 1. The van der Waals surface area contributed by atoms with Gasteiger partial charge in [-0.3, -0.25) is 14.9 Å². The molecule has 0 bridgehead atoms. The number of hydrogen-bond acceptors (Lipinski definition) is 4. The molecule has 0 spiro atoms. The Hall–Kier alpha value is -2.55. The number of nitrogens with zero attached hydrogens (tertiary/aromatic N) is 1. The van der Waals surface area contributed by atoms with Gasteiger partial charge in [-0.15, -0.1) is 6.42 Å². The second-order valence-corrected chi connectivity index (χ2v) is 3.03. The first-order valence-corrected chi connectivity index (χ1v) is 4.64. The molecular formula is C11H10N2O4. The number of terminal acetylenes is 1. The minimum absolute atomic E-state index is 0.0823. The smallest absolute Gasteiger partial charge is 0.273 e. The first-order valence-electron chi connectivity index (χ1n) is 4.64. The van der Waals surface area contributed by atoms with Gasteiger partial charge in [0.25, 0.3) is 11.6 Å². The first kappa shape index (κ1) is 12.5. The minimum Gasteiger partial charge on any atom is -0.496 e. The molecule has 0 saturated heterocycles. The number of rotatable bonds is 4. The summed E-state index contributed by atoms with van der Waals surface area (Å²) in [6.07, 6.45) is 5.00. The molecule has 1 rings (SSSR count). The number of carbonyl (C=O) groups excluding carboxylic acids is 1. The van der Waals surface area contributed by atoms with Crippen molar-refractivity contribution in [1.82, 2.24) is 5.32 Å². The van der Waals surface area contributed by atoms with E-state index in [1.54, 1.807) is 0 Å². The Labute approximate surface area is 97.7 Å². The standard InChI is InChI=1S/C11H10N2O4/c1-3-6-12-11(14)9-5-4-8(13(15)16)7-10(9)17-2/h1,4-5,7H,6H2,2H3,(H,12,14). The van der Waals surface area contributed by atoms with E-state index in [1.165, 1.54) is 25.3 Å². The Bertz CT molecular complexity index is 491. The zero-order valence-corrected chi connectivity index (χ0v) is 9.10. The van der Waals surface area contributed by atoms with E-state index in [1.807, 2.05) is 0 Å². The van der Waals surface area contributed by atoms with E-state index in [4.69, 9.17) is 11.2 Å². The molecule has 1 aromatic carbocycles. The highest BCUT2D eigenvalue weighted by atomic mass is 16.6. The SMILES string of the molecule is C#CCNC(=O)c1ccc([N+](=O)[O-])cc1OC. The molecule has 1 amide bonds. The number of benzene rings is 1. The van der Waals surface area contributed by atoms with Crippen LogP contribution in [0.1, 0.15) is 10.4 Å². The summed E-state index contributed by atoms with van der Waals surface area (Å²) in [4.78, 5) is 21.6. The molecule has 0 aliphatic heterocycles. The van der Waals surface area contributed by atoms with Crippen LogP contribution in [0.3, 0.4) is 0 Å². The maximum atomic E-state index is 11.6. The van der Waals surface area contributed by atoms with Gasteiger partial charge in [-0.1, -0.05) is 5.92 Å². The van der Waals surface area contributed by atoms with Gasteiger partial charge in [0.05, 0.1) is 30.2 Å². The summed E-state index contributed by atoms with van der Waals surface area (Å²) in [5.41, 5.74) is 0.0590. The topological polar surface area (TPSA) is 81.5 Å². The molecule has 6 heteroatoms. The summed E-state index contributed by atoms with van der Waals surface area (Å²) >= 11 is 0. The molecule has 0 fully saturated rings. The molecule has 0 radical (unpaired) electrons. The summed E-state index contributed by atoms with van der Waals surface area (Å²) in [5.74, 6) is 1.95. The van der Waals surface area contributed by atoms with E-state index < -0.39 is 10.8 Å². The molecule has 0 saturated carbocycles. The van der Waals surface area contributed by atoms with E-state index >= 15 is 0 Å². The molecule has 0 aliphatic rings. The second-order valence-electron chi connectivity index (χ2n) is 3.03. The largest absolute Gasteiger partial charge is 0.496 e. The number of non-ortho nitro benzene ring substituents is 1. The van der Waals surface area contributed by atoms with Gasteiger partial charge >= 0.3 is 0 Å². The fourth-order valence-corrected chi connectivity index (χ4v) is 1.21. The number of hydrogen-bond donors (Lipinski definition) is 1. The van der Waals surface area contributed by atoms with Gasteiger partial charge in [-0.05, 0) is 6.07 Å². The van der Waals surface area contributed by atoms with Crippen molar-refractivity contribution in [2.24, 2.45) is 0 Å². The van der Waals surface area contributed by atoms with E-state index in [9.17, 15) is 14.9 Å². The summed E-state index contributed by atoms with van der Waals surface area (Å²) in [7, 11) is 1.33. The van der Waals surface area contributed by atoms with Crippen LogP contribution < -0.4 is 10.1 Å². The Morgan fingerprint density at radius 3 is 2.88 bits per heavy atom. The van der Waals surface area contributed by atoms with Gasteiger partial charge in [0, 0.05) is 6.07 Å². The van der Waals surface area contributed by atoms with Crippen molar-refractivity contribution in [2.75, 3.05) is 13.7 Å². The van der Waals surface area contributed by atoms with Crippen molar-refractivity contribution in [2.45, 2.75) is 0 Å². The maximum absolute atomic E-state index is 11.6. The van der Waals surface area contributed by atoms with Crippen molar-refractivity contribution in [3.05, 3.63) is 33.9 Å². The van der Waals surface area contributed by atoms with Gasteiger partial charge in [0.2, 0.25) is 0 Å². The number of nitro groups is 1. The average molecular weight is 234 g/mol. The first-order chi connectivity index (χ1) is 8.10. The molecule has 88 valence electrons. The average Bonchev–Trinajstić information content (AvgIpc) is 2.34. The summed E-state index contributed by atoms with van der Waals surface area (Å²) < 4.78 is 4.92. The third-order valence-electron chi connectivity index (χ3n) is 1.99. The summed E-state index contributed by atoms with van der Waals surface area (Å²) in [5, 5.41) is 13.0. The van der Waals surface area contributed by atoms with Crippen LogP contribution >= 0.6 is 0 Å². The second kappa shape index (κ2) is 5.51. The van der Waals surface area contributed by atoms with Gasteiger partial charge in [0.15, 0.2) is 0 Å². The summed E-state index contributed by atoms with van der Waals surface area (Å²) in [6.45, 7) is 0.0823. The van der Waals surface area contributed by atoms with Crippen molar-refractivity contribution in [3.8, 4) is 18.1 Å². The van der Waals surface area contributed by atoms with Crippen LogP contribution in [-0.4, -0.2) is 24.5 Å². The third-order valence-corrected chi connectivity index (χ3v) is 1.99. The maximum Gasteiger partial charge on any atom is 0.273 e. The van der Waals surface area contributed by atoms with Crippen molar-refractivity contribution < 1.29 is 14.5 Å². The molecule has 6 nitrogen and oxygen atoms in total. The van der Waals surface area contributed by atoms with Crippen LogP contribution in [0.5, 0.6) is 5.75 Å². The molecule has 1 N–H and O–H groups in total. The third kappa shape index (κ3) is 2.95. The number of methoxy groups -OCH3 is 1. The predicted octanol–water partition coefficient (Wildman–Crippen LogP) is 0.966. The highest BCUT2D eigenvalue weighted by molar-refractivity contribution is 5.97. The Morgan fingerprint density at radius 2 is 2.35 bits per heavy atom. The van der Waals surface area contributed by atoms with Crippen molar-refractivity contribution in [1.29, 1.82) is 0 Å². The Morgan fingerprint density at radius 1 is 1.65 bits per heavy atom. The van der Waals surface area contributed by atoms with E-state index in [2.05, 4.69) is 11.2 Å². The van der Waals surface area contributed by atoms with Gasteiger partial charge < -0.3 is 10.1 Å². The fraction of sp³-hybridized carbons (Fsp3) is 0.182. The Kier molecular flexibility index (Phi) is 4.06. The van der Waals surface area contributed by atoms with E-state index in [0.717, 1.165) is 0 Å². The van der Waals surface area contributed by atoms with Crippen LogP contribution in [0.4, 0.5) is 5.69 Å². The van der Waals surface area contributed by atoms with Crippen LogP contribution in [-0.2, 0) is 0 Å². The lowest BCUT2D eigenvalue weighted by molar-refractivity contribution is -0.384. The van der Waals surface area contributed by atoms with E-state index in [-0.39, 0.29) is 23.5 Å². The normalized spacial score (nSPS) is 9.18. The number of carbonyl (C=O) groups is 1. The van der Waals surface area contributed by atoms with Crippen LogP contribution in [0.25, 0.3) is 0 Å². The lowest BCUT2D eigenvalue weighted by Crippen LogP contribution is -2.24. The minimum atomic E-state index is -0.564. The molecule has 0 aromatic heterocycles. The van der Waals surface area contributed by atoms with Gasteiger partial charge in [0.1, 0.15) is 5.75 Å². The molecule has 0 heterocycles. The zero-order valence-electron chi connectivity index (χ0n) is 9.10. The molecule has 17 heavy (non-hydrogen) atoms. The lowest BCUT2D eigenvalue weighted by atomic mass is 10.1. The quantitative estimate of drug-likeness (QED) is 0.478. The lowest BCUT2D eigenvalue weighted by Gasteiger charge is -2.07. The monoisotopic (exact) mass is 234 g/mol. The summed E-state index contributed by atoms with van der Waals surface area (Å²) in [6, 6.07) is 3.74. The van der Waals surface area contributed by atoms with Crippen LogP contribution in [0.2, 0.25) is 0 Å². The molecule has 0 atom stereocenters. The van der Waals surface area contributed by atoms with E-state index in [0.29, 0.717) is 0 Å². The molecule has 0 aliphatic carbocycles. The van der Waals surface area contributed by atoms with Crippen molar-refractivity contribution in [3.63, 3.8) is 0 Å². The predicted molar refractivity (Wildman–Crippen MR) is 60.8 cm³/mol. The number of nitro benzene ring substituents is 1. The van der Waals surface area contributed by atoms with Crippen LogP contribution in [0, 0.1) is 22.5 Å². The number of nitrogens with one attached hydrogen (secondary N) is 1. The van der Waals surface area contributed by atoms with Gasteiger partial charge in [-0.2, -0.15) is 0 Å². The molecular weight excluding hydrogens is 224 g/mol.